The number of carbonyl (C=O) groups is 2. The molecule has 0 spiro atoms. The highest BCUT2D eigenvalue weighted by Crippen LogP contribution is 2.26. The lowest BCUT2D eigenvalue weighted by molar-refractivity contribution is -0.144. The predicted octanol–water partition coefficient (Wildman–Crippen LogP) is 1.01. The zero-order valence-corrected chi connectivity index (χ0v) is 12.4. The van der Waals surface area contributed by atoms with E-state index in [4.69, 9.17) is 17.3 Å². The fourth-order valence-electron chi connectivity index (χ4n) is 2.30. The lowest BCUT2D eigenvalue weighted by atomic mass is 9.97. The van der Waals surface area contributed by atoms with Crippen molar-refractivity contribution in [3.05, 3.63) is 22.8 Å². The smallest absolute Gasteiger partial charge is 0.275 e. The van der Waals surface area contributed by atoms with Crippen LogP contribution in [-0.4, -0.2) is 52.3 Å². The average Bonchev–Trinajstić information content (AvgIpc) is 2.38. The fourth-order valence-corrected chi connectivity index (χ4v) is 2.49. The molecule has 1 fully saturated rings. The third-order valence-electron chi connectivity index (χ3n) is 3.52. The lowest BCUT2D eigenvalue weighted by Gasteiger charge is -2.44. The lowest BCUT2D eigenvalue weighted by Crippen LogP contribution is -2.63. The highest BCUT2D eigenvalue weighted by atomic mass is 35.5. The van der Waals surface area contributed by atoms with Crippen LogP contribution in [-0.2, 0) is 4.79 Å². The zero-order chi connectivity index (χ0) is 15.1. The van der Waals surface area contributed by atoms with E-state index in [9.17, 15) is 9.59 Å². The molecule has 0 bridgehead atoms. The van der Waals surface area contributed by atoms with Crippen LogP contribution < -0.4 is 5.73 Å². The number of nitrogens with two attached hydrogens (primary N) is 1. The maximum atomic E-state index is 12.6. The Bertz CT molecular complexity index is 573. The van der Waals surface area contributed by atoms with Gasteiger partial charge in [0.25, 0.3) is 5.91 Å². The summed E-state index contributed by atoms with van der Waals surface area (Å²) >= 11 is 6.01. The predicted molar refractivity (Wildman–Crippen MR) is 76.4 cm³/mol. The van der Waals surface area contributed by atoms with Crippen LogP contribution in [0.5, 0.6) is 0 Å². The van der Waals surface area contributed by atoms with Gasteiger partial charge >= 0.3 is 0 Å². The van der Waals surface area contributed by atoms with Crippen molar-refractivity contribution in [2.75, 3.05) is 25.9 Å². The van der Waals surface area contributed by atoms with E-state index in [0.29, 0.717) is 13.1 Å². The molecule has 1 aliphatic rings. The third-order valence-corrected chi connectivity index (χ3v) is 3.82. The zero-order valence-electron chi connectivity index (χ0n) is 11.7. The van der Waals surface area contributed by atoms with Gasteiger partial charge in [0.05, 0.1) is 5.02 Å². The van der Waals surface area contributed by atoms with Crippen molar-refractivity contribution in [2.24, 2.45) is 0 Å². The van der Waals surface area contributed by atoms with Crippen LogP contribution in [0.25, 0.3) is 0 Å². The van der Waals surface area contributed by atoms with E-state index in [1.165, 1.54) is 17.0 Å². The topological polar surface area (TPSA) is 79.5 Å². The summed E-state index contributed by atoms with van der Waals surface area (Å²) in [6, 6.07) is 3.06. The standard InChI is InChI=1S/C13H17ClN4O2/c1-13(2)12(20)17(3)6-7-18(13)11(19)10-8(14)4-5-9(15)16-10/h4-5H,6-7H2,1-3H3,(H2,15,16). The molecule has 0 saturated carbocycles. The summed E-state index contributed by atoms with van der Waals surface area (Å²) in [6.45, 7) is 4.33. The molecule has 2 rings (SSSR count). The summed E-state index contributed by atoms with van der Waals surface area (Å²) in [7, 11) is 1.72. The highest BCUT2D eigenvalue weighted by Gasteiger charge is 2.43. The van der Waals surface area contributed by atoms with Gasteiger partial charge in [-0.05, 0) is 26.0 Å². The van der Waals surface area contributed by atoms with Gasteiger partial charge in [-0.2, -0.15) is 0 Å². The van der Waals surface area contributed by atoms with Crippen LogP contribution in [0.4, 0.5) is 5.82 Å². The summed E-state index contributed by atoms with van der Waals surface area (Å²) in [6.07, 6.45) is 0. The van der Waals surface area contributed by atoms with Crippen molar-refractivity contribution < 1.29 is 9.59 Å². The molecule has 2 amide bonds. The highest BCUT2D eigenvalue weighted by molar-refractivity contribution is 6.33. The summed E-state index contributed by atoms with van der Waals surface area (Å²) < 4.78 is 0. The van der Waals surface area contributed by atoms with Gasteiger partial charge < -0.3 is 15.5 Å². The van der Waals surface area contributed by atoms with Gasteiger partial charge in [0, 0.05) is 20.1 Å². The first-order valence-corrected chi connectivity index (χ1v) is 6.62. The molecule has 6 nitrogen and oxygen atoms in total. The van der Waals surface area contributed by atoms with Gasteiger partial charge in [-0.15, -0.1) is 0 Å². The number of aromatic nitrogens is 1. The molecule has 2 heterocycles. The van der Waals surface area contributed by atoms with Gasteiger partial charge in [-0.25, -0.2) is 4.98 Å². The number of nitrogens with zero attached hydrogens (tertiary/aromatic N) is 3. The molecule has 0 radical (unpaired) electrons. The van der Waals surface area contributed by atoms with Crippen molar-refractivity contribution in [1.29, 1.82) is 0 Å². The van der Waals surface area contributed by atoms with Gasteiger partial charge in [0.2, 0.25) is 5.91 Å². The molecule has 2 N–H and O–H groups in total. The molecule has 7 heteroatoms. The number of carbonyl (C=O) groups excluding carboxylic acids is 2. The average molecular weight is 297 g/mol. The first-order valence-electron chi connectivity index (χ1n) is 6.24. The van der Waals surface area contributed by atoms with Crippen LogP contribution in [0, 0.1) is 0 Å². The number of likely N-dealkylation sites (N-methyl/N-ethyl adjacent to an activating group) is 1. The number of hydrogen-bond acceptors (Lipinski definition) is 4. The van der Waals surface area contributed by atoms with Crippen LogP contribution in [0.3, 0.4) is 0 Å². The minimum atomic E-state index is -0.931. The molecule has 1 aromatic heterocycles. The normalized spacial score (nSPS) is 18.3. The molecule has 0 aliphatic carbocycles. The molecular weight excluding hydrogens is 280 g/mol. The van der Waals surface area contributed by atoms with Gasteiger partial charge in [-0.1, -0.05) is 11.6 Å². The van der Waals surface area contributed by atoms with Crippen LogP contribution in [0.1, 0.15) is 24.3 Å². The Balaban J connectivity index is 2.38. The Morgan fingerprint density at radius 2 is 2.05 bits per heavy atom. The quantitative estimate of drug-likeness (QED) is 0.839. The second-order valence-electron chi connectivity index (χ2n) is 5.31. The Labute approximate surface area is 122 Å². The van der Waals surface area contributed by atoms with Crippen molar-refractivity contribution in [2.45, 2.75) is 19.4 Å². The molecule has 0 atom stereocenters. The molecular formula is C13H17ClN4O2. The Hall–Kier alpha value is -1.82. The number of halogens is 1. The first kappa shape index (κ1) is 14.6. The minimum absolute atomic E-state index is 0.0806. The largest absolute Gasteiger partial charge is 0.384 e. The van der Waals surface area contributed by atoms with Crippen LogP contribution in [0.15, 0.2) is 12.1 Å². The number of hydrogen-bond donors (Lipinski definition) is 1. The van der Waals surface area contributed by atoms with Gasteiger partial charge in [0.15, 0.2) is 0 Å². The number of anilines is 1. The summed E-state index contributed by atoms with van der Waals surface area (Å²) in [5.41, 5.74) is 4.75. The van der Waals surface area contributed by atoms with E-state index in [1.54, 1.807) is 25.8 Å². The first-order chi connectivity index (χ1) is 9.25. The third kappa shape index (κ3) is 2.31. The number of nitrogen functional groups attached to an aromatic ring is 1. The van der Waals surface area contributed by atoms with Crippen molar-refractivity contribution in [1.82, 2.24) is 14.8 Å². The Morgan fingerprint density at radius 1 is 1.40 bits per heavy atom. The van der Waals surface area contributed by atoms with E-state index >= 15 is 0 Å². The van der Waals surface area contributed by atoms with Crippen molar-refractivity contribution in [3.63, 3.8) is 0 Å². The monoisotopic (exact) mass is 296 g/mol. The maximum Gasteiger partial charge on any atom is 0.275 e. The second kappa shape index (κ2) is 4.94. The van der Waals surface area contributed by atoms with E-state index in [2.05, 4.69) is 4.98 Å². The van der Waals surface area contributed by atoms with E-state index in [-0.39, 0.29) is 28.3 Å². The van der Waals surface area contributed by atoms with E-state index < -0.39 is 5.54 Å². The molecule has 1 aromatic rings. The summed E-state index contributed by atoms with van der Waals surface area (Å²) in [4.78, 5) is 31.9. The minimum Gasteiger partial charge on any atom is -0.384 e. The maximum absolute atomic E-state index is 12.6. The van der Waals surface area contributed by atoms with Crippen molar-refractivity contribution in [3.8, 4) is 0 Å². The van der Waals surface area contributed by atoms with Crippen molar-refractivity contribution >= 4 is 29.2 Å². The Morgan fingerprint density at radius 3 is 2.70 bits per heavy atom. The molecule has 108 valence electrons. The summed E-state index contributed by atoms with van der Waals surface area (Å²) in [5, 5.41) is 0.228. The molecule has 20 heavy (non-hydrogen) atoms. The number of amides is 2. The molecule has 1 aliphatic heterocycles. The van der Waals surface area contributed by atoms with Gasteiger partial charge in [-0.3, -0.25) is 9.59 Å². The molecule has 0 aromatic carbocycles. The number of piperazine rings is 1. The molecule has 1 saturated heterocycles. The second-order valence-corrected chi connectivity index (χ2v) is 5.72. The number of rotatable bonds is 1. The fraction of sp³-hybridized carbons (Fsp3) is 0.462. The summed E-state index contributed by atoms with van der Waals surface area (Å²) in [5.74, 6) is -0.276. The van der Waals surface area contributed by atoms with E-state index in [1.807, 2.05) is 0 Å². The van der Waals surface area contributed by atoms with Crippen LogP contribution >= 0.6 is 11.6 Å². The SMILES string of the molecule is CN1CCN(C(=O)c2nc(N)ccc2Cl)C(C)(C)C1=O. The Kier molecular flexibility index (Phi) is 3.60. The van der Waals surface area contributed by atoms with Gasteiger partial charge in [0.1, 0.15) is 17.1 Å². The number of pyridine rings is 1. The van der Waals surface area contributed by atoms with E-state index in [0.717, 1.165) is 0 Å². The molecule has 0 unspecified atom stereocenters. The van der Waals surface area contributed by atoms with Crippen LogP contribution in [0.2, 0.25) is 5.02 Å².